The number of nitrogens with zero attached hydrogens (tertiary/aromatic N) is 3. The summed E-state index contributed by atoms with van der Waals surface area (Å²) in [6, 6.07) is 0. The smallest absolute Gasteiger partial charge is 0.274 e. The Kier molecular flexibility index (Phi) is 5.83. The highest BCUT2D eigenvalue weighted by atomic mass is 79.9. The molecule has 0 aliphatic rings. The summed E-state index contributed by atoms with van der Waals surface area (Å²) in [5.41, 5.74) is 0.796. The fraction of sp³-hybridized carbons (Fsp3) is 0.273. The van der Waals surface area contributed by atoms with E-state index in [2.05, 4.69) is 37.0 Å². The lowest BCUT2D eigenvalue weighted by Gasteiger charge is -2.12. The molecule has 2 heterocycles. The average molecular weight is 459 g/mol. The van der Waals surface area contributed by atoms with E-state index in [0.717, 1.165) is 23.0 Å². The van der Waals surface area contributed by atoms with Crippen LogP contribution in [-0.4, -0.2) is 34.3 Å². The summed E-state index contributed by atoms with van der Waals surface area (Å²) in [4.78, 5) is 18.1. The standard InChI is InChI=1S/C11H10Br2FN3O2S2/c1-16(19-2)11(18)6-4-17(21-14)15-8(6)3-9-10(13)7(12)5-20-9/h4-5H,3H2,1-2H3. The van der Waals surface area contributed by atoms with Crippen molar-refractivity contribution in [2.75, 3.05) is 14.2 Å². The SMILES string of the molecule is CON(C)C(=O)c1cn(SF)nc1Cc1scc(Br)c1Br. The quantitative estimate of drug-likeness (QED) is 0.633. The number of rotatable bonds is 5. The second kappa shape index (κ2) is 7.23. The van der Waals surface area contributed by atoms with Crippen LogP contribution in [0.2, 0.25) is 0 Å². The Labute approximate surface area is 146 Å². The van der Waals surface area contributed by atoms with Gasteiger partial charge in [-0.2, -0.15) is 9.19 Å². The van der Waals surface area contributed by atoms with Crippen LogP contribution in [0.3, 0.4) is 0 Å². The van der Waals surface area contributed by atoms with Gasteiger partial charge in [-0.15, -0.1) is 15.2 Å². The molecule has 0 saturated heterocycles. The molecule has 0 aromatic carbocycles. The predicted octanol–water partition coefficient (Wildman–Crippen LogP) is 4.07. The third kappa shape index (κ3) is 3.67. The normalized spacial score (nSPS) is 10.9. The third-order valence-electron chi connectivity index (χ3n) is 2.72. The van der Waals surface area contributed by atoms with Gasteiger partial charge in [0.25, 0.3) is 5.91 Å². The number of carbonyl (C=O) groups excluding carboxylic acids is 1. The molecular formula is C11H10Br2FN3O2S2. The molecule has 0 bridgehead atoms. The summed E-state index contributed by atoms with van der Waals surface area (Å²) in [5.74, 6) is -0.375. The number of aromatic nitrogens is 2. The molecule has 2 aromatic rings. The molecule has 0 unspecified atom stereocenters. The highest BCUT2D eigenvalue weighted by Gasteiger charge is 2.22. The summed E-state index contributed by atoms with van der Waals surface area (Å²) in [7, 11) is 2.88. The van der Waals surface area contributed by atoms with Crippen LogP contribution in [0.4, 0.5) is 3.89 Å². The largest absolute Gasteiger partial charge is 0.280 e. The molecule has 0 saturated carbocycles. The van der Waals surface area contributed by atoms with Gasteiger partial charge >= 0.3 is 0 Å². The van der Waals surface area contributed by atoms with E-state index < -0.39 is 0 Å². The number of amides is 1. The first kappa shape index (κ1) is 16.9. The average Bonchev–Trinajstić information content (AvgIpc) is 3.04. The Morgan fingerprint density at radius 1 is 1.62 bits per heavy atom. The molecule has 1 amide bonds. The predicted molar refractivity (Wildman–Crippen MR) is 88.0 cm³/mol. The van der Waals surface area contributed by atoms with Crippen molar-refractivity contribution in [1.82, 2.24) is 14.2 Å². The van der Waals surface area contributed by atoms with E-state index in [0.29, 0.717) is 17.7 Å². The van der Waals surface area contributed by atoms with Gasteiger partial charge in [0.1, 0.15) is 0 Å². The number of halogens is 3. The van der Waals surface area contributed by atoms with E-state index >= 15 is 0 Å². The molecule has 0 N–H and O–H groups in total. The Hall–Kier alpha value is -0.420. The summed E-state index contributed by atoms with van der Waals surface area (Å²) in [5, 5.41) is 7.09. The van der Waals surface area contributed by atoms with Crippen LogP contribution < -0.4 is 0 Å². The van der Waals surface area contributed by atoms with Crippen LogP contribution in [0, 0.1) is 0 Å². The van der Waals surface area contributed by atoms with Crippen molar-refractivity contribution in [2.24, 2.45) is 0 Å². The molecule has 2 aromatic heterocycles. The van der Waals surface area contributed by atoms with Gasteiger partial charge in [-0.1, -0.05) is 0 Å². The Balaban J connectivity index is 2.36. The molecule has 0 fully saturated rings. The van der Waals surface area contributed by atoms with E-state index in [1.165, 1.54) is 31.7 Å². The topological polar surface area (TPSA) is 47.4 Å². The molecule has 0 atom stereocenters. The monoisotopic (exact) mass is 457 g/mol. The zero-order valence-corrected chi connectivity index (χ0v) is 15.8. The Morgan fingerprint density at radius 3 is 2.86 bits per heavy atom. The van der Waals surface area contributed by atoms with Gasteiger partial charge in [0.15, 0.2) is 12.3 Å². The fourth-order valence-corrected chi connectivity index (χ4v) is 4.02. The first-order valence-corrected chi connectivity index (χ1v) is 8.73. The van der Waals surface area contributed by atoms with Crippen LogP contribution in [0.5, 0.6) is 0 Å². The lowest BCUT2D eigenvalue weighted by atomic mass is 10.1. The number of thiophene rings is 1. The van der Waals surface area contributed by atoms with Crippen LogP contribution >= 0.6 is 55.5 Å². The second-order valence-corrected chi connectivity index (χ2v) is 7.07. The Bertz CT molecular complexity index is 662. The van der Waals surface area contributed by atoms with Crippen molar-refractivity contribution in [3.63, 3.8) is 0 Å². The molecule has 0 aliphatic heterocycles. The molecule has 0 aliphatic carbocycles. The van der Waals surface area contributed by atoms with E-state index in [1.54, 1.807) is 0 Å². The van der Waals surface area contributed by atoms with Gasteiger partial charge in [0.05, 0.1) is 24.6 Å². The summed E-state index contributed by atoms with van der Waals surface area (Å²) >= 11 is 8.33. The van der Waals surface area contributed by atoms with Crippen molar-refractivity contribution in [3.05, 3.63) is 36.7 Å². The third-order valence-corrected chi connectivity index (χ3v) is 6.66. The van der Waals surface area contributed by atoms with E-state index in [4.69, 9.17) is 4.84 Å². The van der Waals surface area contributed by atoms with Crippen LogP contribution in [0.25, 0.3) is 0 Å². The highest BCUT2D eigenvalue weighted by Crippen LogP contribution is 2.34. The van der Waals surface area contributed by atoms with Crippen molar-refractivity contribution in [3.8, 4) is 0 Å². The van der Waals surface area contributed by atoms with Crippen LogP contribution in [0.15, 0.2) is 20.5 Å². The number of hydrogen-bond acceptors (Lipinski definition) is 5. The molecular weight excluding hydrogens is 449 g/mol. The van der Waals surface area contributed by atoms with Crippen molar-refractivity contribution < 1.29 is 13.5 Å². The van der Waals surface area contributed by atoms with E-state index in [-0.39, 0.29) is 18.2 Å². The Morgan fingerprint density at radius 2 is 2.33 bits per heavy atom. The molecule has 0 radical (unpaired) electrons. The lowest BCUT2D eigenvalue weighted by Crippen LogP contribution is -2.26. The molecule has 5 nitrogen and oxygen atoms in total. The first-order valence-electron chi connectivity index (χ1n) is 5.59. The van der Waals surface area contributed by atoms with Gasteiger partial charge < -0.3 is 0 Å². The maximum Gasteiger partial charge on any atom is 0.280 e. The summed E-state index contributed by atoms with van der Waals surface area (Å²) in [6.07, 6.45) is 1.78. The van der Waals surface area contributed by atoms with Crippen molar-refractivity contribution in [1.29, 1.82) is 0 Å². The minimum Gasteiger partial charge on any atom is -0.274 e. The zero-order chi connectivity index (χ0) is 15.6. The van der Waals surface area contributed by atoms with Crippen LogP contribution in [-0.2, 0) is 11.3 Å². The van der Waals surface area contributed by atoms with Gasteiger partial charge in [-0.3, -0.25) is 9.63 Å². The van der Waals surface area contributed by atoms with Gasteiger partial charge in [-0.25, -0.2) is 5.06 Å². The summed E-state index contributed by atoms with van der Waals surface area (Å²) < 4.78 is 15.6. The minimum absolute atomic E-state index is 0.0631. The molecule has 114 valence electrons. The van der Waals surface area contributed by atoms with Crippen molar-refractivity contribution >= 4 is 61.4 Å². The number of hydroxylamine groups is 2. The number of carbonyl (C=O) groups is 1. The molecule has 2 rings (SSSR count). The van der Waals surface area contributed by atoms with E-state index in [1.807, 2.05) is 5.38 Å². The lowest BCUT2D eigenvalue weighted by molar-refractivity contribution is -0.0757. The second-order valence-electron chi connectivity index (χ2n) is 3.94. The molecule has 0 spiro atoms. The molecule has 21 heavy (non-hydrogen) atoms. The van der Waals surface area contributed by atoms with Crippen molar-refractivity contribution in [2.45, 2.75) is 6.42 Å². The summed E-state index contributed by atoms with van der Waals surface area (Å²) in [6.45, 7) is 0. The molecule has 10 heteroatoms. The van der Waals surface area contributed by atoms with E-state index in [9.17, 15) is 8.68 Å². The minimum atomic E-state index is -0.375. The van der Waals surface area contributed by atoms with Gasteiger partial charge in [0, 0.05) is 32.7 Å². The van der Waals surface area contributed by atoms with Gasteiger partial charge in [-0.05, 0) is 31.9 Å². The first-order chi connectivity index (χ1) is 9.97. The number of hydrogen-bond donors (Lipinski definition) is 0. The fourth-order valence-electron chi connectivity index (χ4n) is 1.61. The zero-order valence-electron chi connectivity index (χ0n) is 11.0. The highest BCUT2D eigenvalue weighted by molar-refractivity contribution is 9.13. The maximum absolute atomic E-state index is 12.7. The van der Waals surface area contributed by atoms with Crippen LogP contribution in [0.1, 0.15) is 20.9 Å². The maximum atomic E-state index is 12.7. The van der Waals surface area contributed by atoms with Gasteiger partial charge in [0.2, 0.25) is 0 Å².